The summed E-state index contributed by atoms with van der Waals surface area (Å²) in [7, 11) is -3.50. The smallest absolute Gasteiger partial charge is 0.261 e. The molecule has 3 rings (SSSR count). The number of hydrogen-bond acceptors (Lipinski definition) is 4. The van der Waals surface area contributed by atoms with Crippen molar-refractivity contribution in [2.24, 2.45) is 0 Å². The van der Waals surface area contributed by atoms with Gasteiger partial charge in [0, 0.05) is 25.3 Å². The number of carbonyl (C=O) groups is 1. The van der Waals surface area contributed by atoms with E-state index in [0.717, 1.165) is 11.3 Å². The second kappa shape index (κ2) is 6.65. The van der Waals surface area contributed by atoms with Crippen LogP contribution in [0, 0.1) is 6.92 Å². The number of aryl methyl sites for hydroxylation is 1. The van der Waals surface area contributed by atoms with Gasteiger partial charge in [-0.3, -0.25) is 4.79 Å². The standard InChI is InChI=1S/C18H22N2O4S/c1-4-19(5-2)25(22,23)15-6-7-17-14(12-15)8-10-20(17)18(21)16-9-11-24-13(16)3/h6-7,9,11-12H,4-5,8,10H2,1-3H3. The van der Waals surface area contributed by atoms with Crippen LogP contribution >= 0.6 is 0 Å². The minimum absolute atomic E-state index is 0.121. The monoisotopic (exact) mass is 362 g/mol. The van der Waals surface area contributed by atoms with Gasteiger partial charge in [-0.2, -0.15) is 4.31 Å². The van der Waals surface area contributed by atoms with Crippen LogP contribution in [0.15, 0.2) is 39.8 Å². The molecule has 134 valence electrons. The molecule has 6 nitrogen and oxygen atoms in total. The van der Waals surface area contributed by atoms with Crippen molar-refractivity contribution in [2.75, 3.05) is 24.5 Å². The molecular formula is C18H22N2O4S. The van der Waals surface area contributed by atoms with E-state index >= 15 is 0 Å². The lowest BCUT2D eigenvalue weighted by Gasteiger charge is -2.20. The first-order chi connectivity index (χ1) is 11.9. The van der Waals surface area contributed by atoms with Crippen molar-refractivity contribution in [3.63, 3.8) is 0 Å². The first-order valence-electron chi connectivity index (χ1n) is 8.39. The van der Waals surface area contributed by atoms with Crippen molar-refractivity contribution in [2.45, 2.75) is 32.1 Å². The summed E-state index contributed by atoms with van der Waals surface area (Å²) in [5.74, 6) is 0.462. The lowest BCUT2D eigenvalue weighted by atomic mass is 10.1. The van der Waals surface area contributed by atoms with E-state index in [-0.39, 0.29) is 10.8 Å². The number of nitrogens with zero attached hydrogens (tertiary/aromatic N) is 2. The van der Waals surface area contributed by atoms with Crippen LogP contribution < -0.4 is 4.90 Å². The molecule has 0 aliphatic carbocycles. The van der Waals surface area contributed by atoms with Gasteiger partial charge in [0.15, 0.2) is 0 Å². The molecule has 0 atom stereocenters. The molecule has 0 N–H and O–H groups in total. The number of sulfonamides is 1. The topological polar surface area (TPSA) is 70.8 Å². The highest BCUT2D eigenvalue weighted by atomic mass is 32.2. The molecule has 0 bridgehead atoms. The fraction of sp³-hybridized carbons (Fsp3) is 0.389. The molecular weight excluding hydrogens is 340 g/mol. The van der Waals surface area contributed by atoms with Gasteiger partial charge in [0.05, 0.1) is 16.7 Å². The minimum atomic E-state index is -3.50. The Morgan fingerprint density at radius 2 is 1.96 bits per heavy atom. The van der Waals surface area contributed by atoms with Crippen LogP contribution in [0.25, 0.3) is 0 Å². The Morgan fingerprint density at radius 1 is 1.24 bits per heavy atom. The maximum absolute atomic E-state index is 12.7. The number of amides is 1. The summed E-state index contributed by atoms with van der Waals surface area (Å²) in [6.45, 7) is 6.79. The zero-order valence-corrected chi connectivity index (χ0v) is 15.5. The number of fused-ring (bicyclic) bond motifs is 1. The van der Waals surface area contributed by atoms with Gasteiger partial charge in [-0.25, -0.2) is 8.42 Å². The lowest BCUT2D eigenvalue weighted by molar-refractivity contribution is 0.0988. The Kier molecular flexibility index (Phi) is 4.71. The van der Waals surface area contributed by atoms with E-state index in [0.29, 0.717) is 37.4 Å². The fourth-order valence-electron chi connectivity index (χ4n) is 3.21. The maximum Gasteiger partial charge on any atom is 0.261 e. The first kappa shape index (κ1) is 17.7. The predicted molar refractivity (Wildman–Crippen MR) is 95.4 cm³/mol. The second-order valence-corrected chi connectivity index (χ2v) is 7.92. The van der Waals surface area contributed by atoms with Crippen molar-refractivity contribution >= 4 is 21.6 Å². The first-order valence-corrected chi connectivity index (χ1v) is 9.83. The Morgan fingerprint density at radius 3 is 2.56 bits per heavy atom. The molecule has 1 aromatic carbocycles. The molecule has 2 aromatic rings. The van der Waals surface area contributed by atoms with Gasteiger partial charge in [0.25, 0.3) is 5.91 Å². The van der Waals surface area contributed by atoms with Crippen molar-refractivity contribution in [3.8, 4) is 0 Å². The Hall–Kier alpha value is -2.12. The molecule has 0 saturated heterocycles. The zero-order valence-electron chi connectivity index (χ0n) is 14.7. The summed E-state index contributed by atoms with van der Waals surface area (Å²) in [5, 5.41) is 0. The highest BCUT2D eigenvalue weighted by Gasteiger charge is 2.29. The van der Waals surface area contributed by atoms with Gasteiger partial charge in [-0.1, -0.05) is 13.8 Å². The van der Waals surface area contributed by atoms with E-state index in [2.05, 4.69) is 0 Å². The van der Waals surface area contributed by atoms with Crippen LogP contribution in [0.5, 0.6) is 0 Å². The molecule has 2 heterocycles. The van der Waals surface area contributed by atoms with Crippen LogP contribution in [-0.4, -0.2) is 38.3 Å². The van der Waals surface area contributed by atoms with Crippen LogP contribution in [0.1, 0.15) is 35.5 Å². The number of benzene rings is 1. The van der Waals surface area contributed by atoms with Crippen molar-refractivity contribution in [1.82, 2.24) is 4.31 Å². The van der Waals surface area contributed by atoms with Crippen LogP contribution in [0.2, 0.25) is 0 Å². The third-order valence-corrected chi connectivity index (χ3v) is 6.67. The summed E-state index contributed by atoms with van der Waals surface area (Å²) >= 11 is 0. The molecule has 1 aromatic heterocycles. The Balaban J connectivity index is 1.94. The van der Waals surface area contributed by atoms with E-state index in [1.54, 1.807) is 36.1 Å². The fourth-order valence-corrected chi connectivity index (χ4v) is 4.72. The number of rotatable bonds is 5. The third kappa shape index (κ3) is 2.98. The molecule has 0 radical (unpaired) electrons. The molecule has 1 amide bonds. The Labute approximate surface area is 148 Å². The summed E-state index contributed by atoms with van der Waals surface area (Å²) in [5.41, 5.74) is 2.18. The van der Waals surface area contributed by atoms with Crippen LogP contribution in [0.3, 0.4) is 0 Å². The van der Waals surface area contributed by atoms with Crippen molar-refractivity contribution < 1.29 is 17.6 Å². The highest BCUT2D eigenvalue weighted by Crippen LogP contribution is 2.32. The summed E-state index contributed by atoms with van der Waals surface area (Å²) < 4.78 is 32.0. The van der Waals surface area contributed by atoms with E-state index in [9.17, 15) is 13.2 Å². The molecule has 1 aliphatic rings. The normalized spacial score (nSPS) is 14.2. The molecule has 25 heavy (non-hydrogen) atoms. The highest BCUT2D eigenvalue weighted by molar-refractivity contribution is 7.89. The molecule has 0 saturated carbocycles. The molecule has 0 spiro atoms. The van der Waals surface area contributed by atoms with Crippen molar-refractivity contribution in [1.29, 1.82) is 0 Å². The minimum Gasteiger partial charge on any atom is -0.469 e. The van der Waals surface area contributed by atoms with Gasteiger partial charge in [-0.05, 0) is 43.2 Å². The predicted octanol–water partition coefficient (Wildman–Crippen LogP) is 2.82. The second-order valence-electron chi connectivity index (χ2n) is 5.98. The van der Waals surface area contributed by atoms with Gasteiger partial charge >= 0.3 is 0 Å². The quantitative estimate of drug-likeness (QED) is 0.820. The summed E-state index contributed by atoms with van der Waals surface area (Å²) in [6.07, 6.45) is 2.14. The van der Waals surface area contributed by atoms with E-state index in [4.69, 9.17) is 4.42 Å². The average molecular weight is 362 g/mol. The van der Waals surface area contributed by atoms with Gasteiger partial charge in [-0.15, -0.1) is 0 Å². The molecule has 0 fully saturated rings. The van der Waals surface area contributed by atoms with E-state index < -0.39 is 10.0 Å². The van der Waals surface area contributed by atoms with E-state index in [1.165, 1.54) is 10.6 Å². The van der Waals surface area contributed by atoms with Crippen LogP contribution in [-0.2, 0) is 16.4 Å². The number of carbonyl (C=O) groups excluding carboxylic acids is 1. The lowest BCUT2D eigenvalue weighted by Crippen LogP contribution is -2.30. The van der Waals surface area contributed by atoms with E-state index in [1.807, 2.05) is 13.8 Å². The molecule has 0 unspecified atom stereocenters. The van der Waals surface area contributed by atoms with Gasteiger partial charge in [0.1, 0.15) is 5.76 Å². The van der Waals surface area contributed by atoms with Crippen molar-refractivity contribution in [3.05, 3.63) is 47.4 Å². The average Bonchev–Trinajstić information content (AvgIpc) is 3.20. The SMILES string of the molecule is CCN(CC)S(=O)(=O)c1ccc2c(c1)CCN2C(=O)c1ccoc1C. The maximum atomic E-state index is 12.7. The largest absolute Gasteiger partial charge is 0.469 e. The number of furan rings is 1. The van der Waals surface area contributed by atoms with Crippen LogP contribution in [0.4, 0.5) is 5.69 Å². The van der Waals surface area contributed by atoms with Gasteiger partial charge in [0.2, 0.25) is 10.0 Å². The third-order valence-electron chi connectivity index (χ3n) is 4.62. The number of anilines is 1. The zero-order chi connectivity index (χ0) is 18.2. The Bertz CT molecular complexity index is 898. The molecule has 7 heteroatoms. The van der Waals surface area contributed by atoms with Gasteiger partial charge < -0.3 is 9.32 Å². The summed E-state index contributed by atoms with van der Waals surface area (Å²) in [6, 6.07) is 6.67. The number of hydrogen-bond donors (Lipinski definition) is 0. The molecule has 1 aliphatic heterocycles. The summed E-state index contributed by atoms with van der Waals surface area (Å²) in [4.78, 5) is 14.7.